The Hall–Kier alpha value is -1.10. The molecule has 1 saturated heterocycles. The summed E-state index contributed by atoms with van der Waals surface area (Å²) in [7, 11) is 0. The SMILES string of the molecule is CCC(CN)C(=O)N1CCC(NC(C)=O)C1. The van der Waals surface area contributed by atoms with Gasteiger partial charge in [0, 0.05) is 32.6 Å². The van der Waals surface area contributed by atoms with E-state index >= 15 is 0 Å². The summed E-state index contributed by atoms with van der Waals surface area (Å²) in [6.45, 7) is 5.21. The number of hydrogen-bond donors (Lipinski definition) is 2. The molecule has 0 aromatic heterocycles. The van der Waals surface area contributed by atoms with Crippen LogP contribution in [0.1, 0.15) is 26.7 Å². The Bertz CT molecular complexity index is 264. The predicted octanol–water partition coefficient (Wildman–Crippen LogP) is -0.292. The van der Waals surface area contributed by atoms with Crippen molar-refractivity contribution >= 4 is 11.8 Å². The average Bonchev–Trinajstić information content (AvgIpc) is 2.67. The van der Waals surface area contributed by atoms with Crippen molar-refractivity contribution in [2.45, 2.75) is 32.7 Å². The van der Waals surface area contributed by atoms with Crippen molar-refractivity contribution in [2.24, 2.45) is 11.7 Å². The minimum absolute atomic E-state index is 0.0369. The van der Waals surface area contributed by atoms with Crippen LogP contribution < -0.4 is 11.1 Å². The van der Waals surface area contributed by atoms with Gasteiger partial charge in [-0.15, -0.1) is 0 Å². The predicted molar refractivity (Wildman–Crippen MR) is 61.6 cm³/mol. The van der Waals surface area contributed by atoms with Gasteiger partial charge in [0.05, 0.1) is 5.92 Å². The van der Waals surface area contributed by atoms with Crippen molar-refractivity contribution in [3.8, 4) is 0 Å². The second-order valence-electron chi connectivity index (χ2n) is 4.31. The number of likely N-dealkylation sites (tertiary alicyclic amines) is 1. The number of amides is 2. The van der Waals surface area contributed by atoms with Crippen LogP contribution in [-0.4, -0.2) is 42.4 Å². The summed E-state index contributed by atoms with van der Waals surface area (Å²) >= 11 is 0. The number of carbonyl (C=O) groups excluding carboxylic acids is 2. The van der Waals surface area contributed by atoms with Crippen molar-refractivity contribution in [3.63, 3.8) is 0 Å². The zero-order valence-corrected chi connectivity index (χ0v) is 10.0. The Morgan fingerprint density at radius 1 is 1.56 bits per heavy atom. The highest BCUT2D eigenvalue weighted by molar-refractivity contribution is 5.79. The molecule has 0 spiro atoms. The zero-order chi connectivity index (χ0) is 12.1. The molecule has 5 nitrogen and oxygen atoms in total. The van der Waals surface area contributed by atoms with E-state index in [9.17, 15) is 9.59 Å². The summed E-state index contributed by atoms with van der Waals surface area (Å²) < 4.78 is 0. The van der Waals surface area contributed by atoms with Crippen LogP contribution >= 0.6 is 0 Å². The lowest BCUT2D eigenvalue weighted by atomic mass is 10.1. The highest BCUT2D eigenvalue weighted by atomic mass is 16.2. The summed E-state index contributed by atoms with van der Waals surface area (Å²) in [5.41, 5.74) is 5.55. The molecule has 92 valence electrons. The molecule has 1 heterocycles. The van der Waals surface area contributed by atoms with Crippen molar-refractivity contribution < 1.29 is 9.59 Å². The fourth-order valence-electron chi connectivity index (χ4n) is 2.07. The van der Waals surface area contributed by atoms with E-state index in [1.165, 1.54) is 6.92 Å². The smallest absolute Gasteiger partial charge is 0.227 e. The molecule has 1 fully saturated rings. The largest absolute Gasteiger partial charge is 0.352 e. The van der Waals surface area contributed by atoms with Gasteiger partial charge in [-0.2, -0.15) is 0 Å². The standard InChI is InChI=1S/C11H21N3O2/c1-3-9(6-12)11(16)14-5-4-10(7-14)13-8(2)15/h9-10H,3-7,12H2,1-2H3,(H,13,15). The van der Waals surface area contributed by atoms with Crippen molar-refractivity contribution in [2.75, 3.05) is 19.6 Å². The van der Waals surface area contributed by atoms with Crippen LogP contribution in [0.5, 0.6) is 0 Å². The maximum absolute atomic E-state index is 12.0. The van der Waals surface area contributed by atoms with Crippen molar-refractivity contribution in [1.29, 1.82) is 0 Å². The molecule has 0 saturated carbocycles. The number of nitrogens with two attached hydrogens (primary N) is 1. The van der Waals surface area contributed by atoms with Crippen molar-refractivity contribution in [3.05, 3.63) is 0 Å². The number of carbonyl (C=O) groups is 2. The van der Waals surface area contributed by atoms with E-state index in [4.69, 9.17) is 5.73 Å². The van der Waals surface area contributed by atoms with Gasteiger partial charge < -0.3 is 16.0 Å². The van der Waals surface area contributed by atoms with Gasteiger partial charge in [-0.05, 0) is 12.8 Å². The number of nitrogens with one attached hydrogen (secondary N) is 1. The lowest BCUT2D eigenvalue weighted by Gasteiger charge is -2.21. The summed E-state index contributed by atoms with van der Waals surface area (Å²) in [5.74, 6) is 0.0131. The average molecular weight is 227 g/mol. The quantitative estimate of drug-likeness (QED) is 0.693. The van der Waals surface area contributed by atoms with E-state index < -0.39 is 0 Å². The van der Waals surface area contributed by atoms with E-state index in [0.29, 0.717) is 13.1 Å². The number of rotatable bonds is 4. The Kier molecular flexibility index (Phi) is 4.73. The molecule has 2 amide bonds. The molecular weight excluding hydrogens is 206 g/mol. The first-order chi connectivity index (χ1) is 7.58. The first-order valence-electron chi connectivity index (χ1n) is 5.84. The molecule has 0 aliphatic carbocycles. The third kappa shape index (κ3) is 3.20. The molecule has 0 bridgehead atoms. The summed E-state index contributed by atoms with van der Waals surface area (Å²) in [6, 6.07) is 0.108. The minimum atomic E-state index is -0.0731. The zero-order valence-electron chi connectivity index (χ0n) is 10.0. The summed E-state index contributed by atoms with van der Waals surface area (Å²) in [4.78, 5) is 24.7. The van der Waals surface area contributed by atoms with Gasteiger partial charge >= 0.3 is 0 Å². The maximum atomic E-state index is 12.0. The molecule has 1 aliphatic heterocycles. The van der Waals surface area contributed by atoms with Gasteiger partial charge in [0.2, 0.25) is 11.8 Å². The van der Waals surface area contributed by atoms with Gasteiger partial charge in [0.1, 0.15) is 0 Å². The monoisotopic (exact) mass is 227 g/mol. The van der Waals surface area contributed by atoms with Crippen LogP contribution in [0.15, 0.2) is 0 Å². The highest BCUT2D eigenvalue weighted by Gasteiger charge is 2.29. The molecule has 2 atom stereocenters. The molecule has 3 N–H and O–H groups in total. The lowest BCUT2D eigenvalue weighted by molar-refractivity contribution is -0.134. The van der Waals surface area contributed by atoms with Crippen LogP contribution in [0, 0.1) is 5.92 Å². The van der Waals surface area contributed by atoms with Gasteiger partial charge in [-0.25, -0.2) is 0 Å². The molecule has 2 unspecified atom stereocenters. The first-order valence-corrected chi connectivity index (χ1v) is 5.84. The highest BCUT2D eigenvalue weighted by Crippen LogP contribution is 2.14. The second-order valence-corrected chi connectivity index (χ2v) is 4.31. The summed E-state index contributed by atoms with van der Waals surface area (Å²) in [5, 5.41) is 2.84. The van der Waals surface area contributed by atoms with E-state index in [1.54, 1.807) is 0 Å². The Labute approximate surface area is 96.4 Å². The van der Waals surface area contributed by atoms with Crippen LogP contribution in [0.2, 0.25) is 0 Å². The minimum Gasteiger partial charge on any atom is -0.352 e. The van der Waals surface area contributed by atoms with E-state index in [-0.39, 0.29) is 23.8 Å². The Morgan fingerprint density at radius 2 is 2.25 bits per heavy atom. The molecule has 0 radical (unpaired) electrons. The topological polar surface area (TPSA) is 75.4 Å². The lowest BCUT2D eigenvalue weighted by Crippen LogP contribution is -2.40. The van der Waals surface area contributed by atoms with E-state index in [1.807, 2.05) is 11.8 Å². The third-order valence-electron chi connectivity index (χ3n) is 3.03. The molecule has 5 heteroatoms. The number of hydrogen-bond acceptors (Lipinski definition) is 3. The Morgan fingerprint density at radius 3 is 2.75 bits per heavy atom. The van der Waals surface area contributed by atoms with Crippen molar-refractivity contribution in [1.82, 2.24) is 10.2 Å². The Balaban J connectivity index is 2.46. The normalized spacial score (nSPS) is 21.9. The van der Waals surface area contributed by atoms with Gasteiger partial charge in [-0.1, -0.05) is 6.92 Å². The van der Waals surface area contributed by atoms with E-state index in [2.05, 4.69) is 5.32 Å². The van der Waals surface area contributed by atoms with Gasteiger partial charge in [-0.3, -0.25) is 9.59 Å². The van der Waals surface area contributed by atoms with Crippen LogP contribution in [0.25, 0.3) is 0 Å². The molecule has 0 aromatic carbocycles. The molecule has 1 rings (SSSR count). The fourth-order valence-corrected chi connectivity index (χ4v) is 2.07. The first kappa shape index (κ1) is 13.0. The van der Waals surface area contributed by atoms with Gasteiger partial charge in [0.15, 0.2) is 0 Å². The number of nitrogens with zero attached hydrogens (tertiary/aromatic N) is 1. The maximum Gasteiger partial charge on any atom is 0.227 e. The van der Waals surface area contributed by atoms with E-state index in [0.717, 1.165) is 19.4 Å². The van der Waals surface area contributed by atoms with Crippen LogP contribution in [0.3, 0.4) is 0 Å². The molecule has 1 aliphatic rings. The molecule has 16 heavy (non-hydrogen) atoms. The van der Waals surface area contributed by atoms with Gasteiger partial charge in [0.25, 0.3) is 0 Å². The molecular formula is C11H21N3O2. The van der Waals surface area contributed by atoms with Crippen LogP contribution in [-0.2, 0) is 9.59 Å². The second kappa shape index (κ2) is 5.84. The fraction of sp³-hybridized carbons (Fsp3) is 0.818. The third-order valence-corrected chi connectivity index (χ3v) is 3.03. The molecule has 0 aromatic rings. The van der Waals surface area contributed by atoms with Crippen LogP contribution in [0.4, 0.5) is 0 Å². The summed E-state index contributed by atoms with van der Waals surface area (Å²) in [6.07, 6.45) is 1.61.